The van der Waals surface area contributed by atoms with Gasteiger partial charge in [-0.2, -0.15) is 0 Å². The monoisotopic (exact) mass is 354 g/mol. The van der Waals surface area contributed by atoms with E-state index >= 15 is 0 Å². The van der Waals surface area contributed by atoms with Crippen molar-refractivity contribution in [2.75, 3.05) is 0 Å². The average Bonchev–Trinajstić information content (AvgIpc) is 3.06. The zero-order chi connectivity index (χ0) is 18.6. The predicted molar refractivity (Wildman–Crippen MR) is 114 cm³/mol. The summed E-state index contributed by atoms with van der Waals surface area (Å²) >= 11 is 1.82. The fraction of sp³-hybridized carbons (Fsp3) is 0.125. The Morgan fingerprint density at radius 1 is 0.923 bits per heavy atom. The van der Waals surface area contributed by atoms with Crippen LogP contribution in [0.3, 0.4) is 0 Å². The minimum atomic E-state index is -0.637. The van der Waals surface area contributed by atoms with Gasteiger partial charge in [-0.15, -0.1) is 11.3 Å². The Hall–Kier alpha value is -2.71. The highest BCUT2D eigenvalue weighted by molar-refractivity contribution is 7.26. The van der Waals surface area contributed by atoms with Crippen molar-refractivity contribution in [3.8, 4) is 11.3 Å². The second-order valence-electron chi connectivity index (χ2n) is 6.87. The van der Waals surface area contributed by atoms with Crippen LogP contribution in [0.5, 0.6) is 0 Å². The van der Waals surface area contributed by atoms with Crippen LogP contribution < -0.4 is 0 Å². The van der Waals surface area contributed by atoms with Crippen molar-refractivity contribution < 1.29 is 1.37 Å². The molecule has 3 aromatic carbocycles. The van der Waals surface area contributed by atoms with Crippen molar-refractivity contribution >= 4 is 42.3 Å². The first kappa shape index (κ1) is 14.5. The Balaban J connectivity index is 1.84. The maximum absolute atomic E-state index is 8.35. The minimum Gasteiger partial charge on any atom is -0.256 e. The van der Waals surface area contributed by atoms with Crippen LogP contribution >= 0.6 is 11.3 Å². The van der Waals surface area contributed by atoms with E-state index in [4.69, 9.17) is 1.37 Å². The fourth-order valence-corrected chi connectivity index (χ4v) is 4.90. The highest BCUT2D eigenvalue weighted by Gasteiger charge is 2.13. The van der Waals surface area contributed by atoms with E-state index < -0.39 is 5.89 Å². The highest BCUT2D eigenvalue weighted by atomic mass is 32.1. The highest BCUT2D eigenvalue weighted by Crippen LogP contribution is 2.42. The van der Waals surface area contributed by atoms with Gasteiger partial charge in [-0.05, 0) is 40.4 Å². The molecule has 5 rings (SSSR count). The first-order valence-electron chi connectivity index (χ1n) is 9.32. The zero-order valence-corrected chi connectivity index (χ0v) is 15.6. The van der Waals surface area contributed by atoms with Crippen LogP contribution in [-0.2, 0) is 0 Å². The van der Waals surface area contributed by atoms with Crippen LogP contribution in [0.1, 0.15) is 26.7 Å². The second kappa shape index (κ2) is 5.93. The van der Waals surface area contributed by atoms with Gasteiger partial charge in [0.2, 0.25) is 0 Å². The van der Waals surface area contributed by atoms with Crippen molar-refractivity contribution in [3.63, 3.8) is 0 Å². The van der Waals surface area contributed by atoms with Crippen molar-refractivity contribution in [1.29, 1.82) is 0 Å². The van der Waals surface area contributed by atoms with Gasteiger partial charge in [0.15, 0.2) is 0 Å². The molecule has 2 aromatic heterocycles. The molecular formula is C24H19NS. The Labute approximate surface area is 158 Å². The summed E-state index contributed by atoms with van der Waals surface area (Å²) in [6, 6.07) is 23.5. The van der Waals surface area contributed by atoms with Gasteiger partial charge < -0.3 is 0 Å². The molecule has 0 aliphatic carbocycles. The molecule has 0 radical (unpaired) electrons. The molecule has 5 aromatic rings. The van der Waals surface area contributed by atoms with E-state index in [0.29, 0.717) is 0 Å². The molecule has 0 aliphatic heterocycles. The molecule has 26 heavy (non-hydrogen) atoms. The van der Waals surface area contributed by atoms with Crippen LogP contribution in [0.15, 0.2) is 72.9 Å². The topological polar surface area (TPSA) is 12.9 Å². The number of hydrogen-bond acceptors (Lipinski definition) is 2. The molecule has 0 fully saturated rings. The van der Waals surface area contributed by atoms with Crippen molar-refractivity contribution in [2.24, 2.45) is 0 Å². The predicted octanol–water partition coefficient (Wildman–Crippen LogP) is 7.39. The normalized spacial score (nSPS) is 12.8. The summed E-state index contributed by atoms with van der Waals surface area (Å²) in [7, 11) is 0. The minimum absolute atomic E-state index is 0.637. The molecular weight excluding hydrogens is 334 g/mol. The van der Waals surface area contributed by atoms with Crippen molar-refractivity contribution in [2.45, 2.75) is 19.7 Å². The Bertz CT molecular complexity index is 1310. The lowest BCUT2D eigenvalue weighted by Crippen LogP contribution is -1.90. The van der Waals surface area contributed by atoms with Crippen LogP contribution in [0, 0.1) is 0 Å². The van der Waals surface area contributed by atoms with Gasteiger partial charge in [-0.25, -0.2) is 0 Å². The van der Waals surface area contributed by atoms with E-state index in [1.165, 1.54) is 30.9 Å². The summed E-state index contributed by atoms with van der Waals surface area (Å²) in [5.41, 5.74) is 3.06. The molecule has 0 saturated carbocycles. The van der Waals surface area contributed by atoms with E-state index in [-0.39, 0.29) is 0 Å². The van der Waals surface area contributed by atoms with E-state index in [2.05, 4.69) is 65.6 Å². The first-order valence-corrected chi connectivity index (χ1v) is 9.64. The van der Waals surface area contributed by atoms with Crippen LogP contribution in [0.25, 0.3) is 42.2 Å². The number of hydrogen-bond donors (Lipinski definition) is 0. The molecule has 0 atom stereocenters. The maximum atomic E-state index is 8.35. The standard InChI is InChI=1S/C24H19NS/c1-15(2)17-12-13-25-21(14-17)19-8-5-9-20-23-18-7-4-3-6-16(18)10-11-22(23)26-24(19)20/h3-15H,1-2H3/i15D. The van der Waals surface area contributed by atoms with Gasteiger partial charge in [0.25, 0.3) is 0 Å². The first-order chi connectivity index (χ1) is 13.0. The third kappa shape index (κ3) is 2.33. The molecule has 2 heterocycles. The number of benzene rings is 3. The number of rotatable bonds is 2. The fourth-order valence-electron chi connectivity index (χ4n) is 3.66. The summed E-state index contributed by atoms with van der Waals surface area (Å²) in [5.74, 6) is -0.637. The molecule has 126 valence electrons. The van der Waals surface area contributed by atoms with Crippen molar-refractivity contribution in [1.82, 2.24) is 4.98 Å². The third-order valence-electron chi connectivity index (χ3n) is 5.00. The summed E-state index contributed by atoms with van der Waals surface area (Å²) in [4.78, 5) is 4.63. The molecule has 2 heteroatoms. The lowest BCUT2D eigenvalue weighted by molar-refractivity contribution is 0.864. The smallest absolute Gasteiger partial charge is 0.0719 e. The Morgan fingerprint density at radius 2 is 1.77 bits per heavy atom. The number of nitrogens with zero attached hydrogens (tertiary/aromatic N) is 1. The summed E-state index contributed by atoms with van der Waals surface area (Å²) < 4.78 is 10.9. The molecule has 1 nitrogen and oxygen atoms in total. The lowest BCUT2D eigenvalue weighted by atomic mass is 9.99. The molecule has 0 saturated heterocycles. The SMILES string of the molecule is [2H]C(C)(C)c1ccnc(-c2cccc3c2sc2ccc4ccccc4c23)c1. The van der Waals surface area contributed by atoms with Gasteiger partial charge in [0.05, 0.1) is 5.69 Å². The third-order valence-corrected chi connectivity index (χ3v) is 6.20. The van der Waals surface area contributed by atoms with Gasteiger partial charge in [0, 0.05) is 33.3 Å². The van der Waals surface area contributed by atoms with E-state index in [1.54, 1.807) is 0 Å². The molecule has 0 N–H and O–H groups in total. The molecule has 0 bridgehead atoms. The molecule has 0 spiro atoms. The van der Waals surface area contributed by atoms with E-state index in [1.807, 2.05) is 37.4 Å². The number of pyridine rings is 1. The number of fused-ring (bicyclic) bond motifs is 5. The van der Waals surface area contributed by atoms with E-state index in [9.17, 15) is 0 Å². The summed E-state index contributed by atoms with van der Waals surface area (Å²) in [6.07, 6.45) is 1.82. The summed E-state index contributed by atoms with van der Waals surface area (Å²) in [5, 5.41) is 5.17. The van der Waals surface area contributed by atoms with Crippen LogP contribution in [-0.4, -0.2) is 4.98 Å². The lowest BCUT2D eigenvalue weighted by Gasteiger charge is -2.08. The van der Waals surface area contributed by atoms with Crippen LogP contribution in [0.2, 0.25) is 0 Å². The number of aromatic nitrogens is 1. The Morgan fingerprint density at radius 3 is 2.65 bits per heavy atom. The van der Waals surface area contributed by atoms with Gasteiger partial charge in [-0.1, -0.05) is 62.4 Å². The van der Waals surface area contributed by atoms with Gasteiger partial charge in [0.1, 0.15) is 0 Å². The van der Waals surface area contributed by atoms with Crippen LogP contribution in [0.4, 0.5) is 0 Å². The molecule has 0 unspecified atom stereocenters. The largest absolute Gasteiger partial charge is 0.256 e. The molecule has 0 amide bonds. The molecule has 0 aliphatic rings. The quantitative estimate of drug-likeness (QED) is 0.322. The average molecular weight is 354 g/mol. The van der Waals surface area contributed by atoms with Crippen molar-refractivity contribution in [3.05, 3.63) is 78.5 Å². The Kier molecular flexibility index (Phi) is 3.30. The second-order valence-corrected chi connectivity index (χ2v) is 7.93. The summed E-state index contributed by atoms with van der Waals surface area (Å²) in [6.45, 7) is 3.83. The van der Waals surface area contributed by atoms with Gasteiger partial charge >= 0.3 is 0 Å². The maximum Gasteiger partial charge on any atom is 0.0719 e. The van der Waals surface area contributed by atoms with Gasteiger partial charge in [-0.3, -0.25) is 4.98 Å². The van der Waals surface area contributed by atoms with E-state index in [0.717, 1.165) is 16.8 Å². The zero-order valence-electron chi connectivity index (χ0n) is 15.8. The number of thiophene rings is 1.